The molecule has 0 amide bonds. The van der Waals surface area contributed by atoms with E-state index in [1.54, 1.807) is 14.2 Å². The van der Waals surface area contributed by atoms with Crippen LogP contribution < -0.4 is 0 Å². The first-order valence-corrected chi connectivity index (χ1v) is 4.54. The third-order valence-corrected chi connectivity index (χ3v) is 2.64. The summed E-state index contributed by atoms with van der Waals surface area (Å²) < 4.78 is 15.5. The lowest BCUT2D eigenvalue weighted by Gasteiger charge is -2.31. The van der Waals surface area contributed by atoms with Gasteiger partial charge in [0.1, 0.15) is 0 Å². The van der Waals surface area contributed by atoms with Gasteiger partial charge in [-0.3, -0.25) is 0 Å². The molecule has 0 aromatic heterocycles. The van der Waals surface area contributed by atoms with Crippen molar-refractivity contribution in [3.63, 3.8) is 0 Å². The molecule has 1 rings (SSSR count). The monoisotopic (exact) mass is 224 g/mol. The van der Waals surface area contributed by atoms with Crippen LogP contribution in [-0.2, 0) is 14.2 Å². The van der Waals surface area contributed by atoms with Crippen LogP contribution in [0.15, 0.2) is 0 Å². The second-order valence-corrected chi connectivity index (χ2v) is 3.67. The van der Waals surface area contributed by atoms with Gasteiger partial charge in [-0.05, 0) is 12.8 Å². The Hall–Kier alpha value is 0.360. The van der Waals surface area contributed by atoms with Crippen molar-refractivity contribution < 1.29 is 14.2 Å². The fourth-order valence-corrected chi connectivity index (χ4v) is 1.72. The molecule has 0 spiro atoms. The second kappa shape index (κ2) is 4.40. The van der Waals surface area contributed by atoms with Gasteiger partial charge in [0.25, 0.3) is 0 Å². The van der Waals surface area contributed by atoms with E-state index in [-0.39, 0.29) is 12.6 Å². The predicted octanol–water partition coefficient (Wildman–Crippen LogP) is 1.51. The van der Waals surface area contributed by atoms with Gasteiger partial charge >= 0.3 is 0 Å². The second-order valence-electron chi connectivity index (χ2n) is 2.50. The van der Waals surface area contributed by atoms with Gasteiger partial charge < -0.3 is 14.2 Å². The molecule has 11 heavy (non-hydrogen) atoms. The smallest absolute Gasteiger partial charge is 0.172 e. The Morgan fingerprint density at radius 2 is 2.00 bits per heavy atom. The van der Waals surface area contributed by atoms with Crippen LogP contribution in [0.2, 0.25) is 0 Å². The Morgan fingerprint density at radius 1 is 1.27 bits per heavy atom. The van der Waals surface area contributed by atoms with Crippen molar-refractivity contribution in [1.82, 2.24) is 0 Å². The normalized spacial score (nSPS) is 39.0. The van der Waals surface area contributed by atoms with E-state index in [0.717, 1.165) is 12.8 Å². The van der Waals surface area contributed by atoms with Crippen molar-refractivity contribution in [3.8, 4) is 0 Å². The number of ether oxygens (including phenoxy) is 3. The molecule has 0 N–H and O–H groups in total. The fraction of sp³-hybridized carbons (Fsp3) is 1.00. The lowest BCUT2D eigenvalue weighted by atomic mass is 10.2. The van der Waals surface area contributed by atoms with Gasteiger partial charge in [0.15, 0.2) is 12.6 Å². The topological polar surface area (TPSA) is 27.7 Å². The lowest BCUT2D eigenvalue weighted by Crippen LogP contribution is -2.37. The summed E-state index contributed by atoms with van der Waals surface area (Å²) in [5.41, 5.74) is 0. The van der Waals surface area contributed by atoms with E-state index in [1.165, 1.54) is 0 Å². The minimum Gasteiger partial charge on any atom is -0.356 e. The molecule has 0 aromatic rings. The number of alkyl halides is 1. The molecule has 66 valence electrons. The Kier molecular flexibility index (Phi) is 3.78. The summed E-state index contributed by atoms with van der Waals surface area (Å²) in [6, 6.07) is 0. The summed E-state index contributed by atoms with van der Waals surface area (Å²) in [5, 5.41) is 0. The molecule has 3 atom stereocenters. The molecule has 0 aliphatic carbocycles. The highest BCUT2D eigenvalue weighted by atomic mass is 79.9. The van der Waals surface area contributed by atoms with E-state index in [2.05, 4.69) is 15.9 Å². The van der Waals surface area contributed by atoms with Crippen LogP contribution in [0, 0.1) is 0 Å². The number of methoxy groups -OCH3 is 2. The van der Waals surface area contributed by atoms with E-state index in [9.17, 15) is 0 Å². The molecule has 3 nitrogen and oxygen atoms in total. The third-order valence-electron chi connectivity index (χ3n) is 1.75. The minimum atomic E-state index is -0.173. The molecule has 0 aromatic carbocycles. The molecule has 1 aliphatic heterocycles. The molecule has 1 unspecified atom stereocenters. The van der Waals surface area contributed by atoms with Crippen LogP contribution in [0.1, 0.15) is 12.8 Å². The molecule has 0 bridgehead atoms. The van der Waals surface area contributed by atoms with Gasteiger partial charge in [0.2, 0.25) is 0 Å². The number of rotatable bonds is 2. The van der Waals surface area contributed by atoms with Crippen molar-refractivity contribution in [1.29, 1.82) is 0 Å². The van der Waals surface area contributed by atoms with Crippen LogP contribution in [0.25, 0.3) is 0 Å². The maximum atomic E-state index is 5.41. The van der Waals surface area contributed by atoms with Crippen LogP contribution in [0.4, 0.5) is 0 Å². The van der Waals surface area contributed by atoms with E-state index < -0.39 is 0 Å². The molecule has 1 heterocycles. The Balaban J connectivity index is 2.37. The highest BCUT2D eigenvalue weighted by Gasteiger charge is 2.29. The zero-order chi connectivity index (χ0) is 8.27. The molecule has 1 aliphatic rings. The van der Waals surface area contributed by atoms with Crippen molar-refractivity contribution in [3.05, 3.63) is 0 Å². The molecular formula is C7H13BrO3. The Morgan fingerprint density at radius 3 is 2.55 bits per heavy atom. The number of hydrogen-bond donors (Lipinski definition) is 0. The summed E-state index contributed by atoms with van der Waals surface area (Å²) >= 11 is 3.47. The number of hydrogen-bond acceptors (Lipinski definition) is 3. The van der Waals surface area contributed by atoms with Crippen molar-refractivity contribution >= 4 is 15.9 Å². The predicted molar refractivity (Wildman–Crippen MR) is 44.6 cm³/mol. The van der Waals surface area contributed by atoms with Crippen LogP contribution >= 0.6 is 15.9 Å². The van der Waals surface area contributed by atoms with Crippen molar-refractivity contribution in [2.24, 2.45) is 0 Å². The SMILES string of the molecule is COC1CC[C@H](Br)[C@@H](OC)O1. The Bertz CT molecular complexity index is 120. The standard InChI is InChI=1S/C7H13BrO3/c1-9-6-4-3-5(8)7(10-2)11-6/h5-7H,3-4H2,1-2H3/t5-,6?,7-/m0/s1. The number of halogens is 1. The first-order valence-electron chi connectivity index (χ1n) is 3.63. The van der Waals surface area contributed by atoms with Gasteiger partial charge in [-0.25, -0.2) is 0 Å². The van der Waals surface area contributed by atoms with E-state index in [0.29, 0.717) is 4.83 Å². The summed E-state index contributed by atoms with van der Waals surface area (Å²) in [6.45, 7) is 0. The summed E-state index contributed by atoms with van der Waals surface area (Å²) in [4.78, 5) is 0.291. The van der Waals surface area contributed by atoms with Crippen LogP contribution in [-0.4, -0.2) is 31.6 Å². The van der Waals surface area contributed by atoms with E-state index in [1.807, 2.05) is 0 Å². The molecule has 1 saturated heterocycles. The van der Waals surface area contributed by atoms with Gasteiger partial charge in [-0.1, -0.05) is 15.9 Å². The van der Waals surface area contributed by atoms with E-state index in [4.69, 9.17) is 14.2 Å². The molecule has 0 radical (unpaired) electrons. The lowest BCUT2D eigenvalue weighted by molar-refractivity contribution is -0.247. The molecule has 1 fully saturated rings. The summed E-state index contributed by atoms with van der Waals surface area (Å²) in [5.74, 6) is 0. The van der Waals surface area contributed by atoms with Gasteiger partial charge in [0.05, 0.1) is 4.83 Å². The van der Waals surface area contributed by atoms with Gasteiger partial charge in [-0.2, -0.15) is 0 Å². The average Bonchev–Trinajstić information content (AvgIpc) is 2.05. The highest BCUT2D eigenvalue weighted by molar-refractivity contribution is 9.09. The average molecular weight is 225 g/mol. The van der Waals surface area contributed by atoms with Crippen LogP contribution in [0.3, 0.4) is 0 Å². The zero-order valence-corrected chi connectivity index (χ0v) is 8.33. The molecule has 0 saturated carbocycles. The van der Waals surface area contributed by atoms with Crippen molar-refractivity contribution in [2.45, 2.75) is 30.2 Å². The third kappa shape index (κ3) is 2.40. The zero-order valence-electron chi connectivity index (χ0n) is 6.75. The summed E-state index contributed by atoms with van der Waals surface area (Å²) in [6.07, 6.45) is 1.67. The quantitative estimate of drug-likeness (QED) is 0.666. The Labute approximate surface area is 75.1 Å². The van der Waals surface area contributed by atoms with Gasteiger partial charge in [0, 0.05) is 14.2 Å². The largest absolute Gasteiger partial charge is 0.356 e. The highest BCUT2D eigenvalue weighted by Crippen LogP contribution is 2.25. The van der Waals surface area contributed by atoms with E-state index >= 15 is 0 Å². The van der Waals surface area contributed by atoms with Crippen LogP contribution in [0.5, 0.6) is 0 Å². The fourth-order valence-electron chi connectivity index (χ4n) is 1.11. The first kappa shape index (κ1) is 9.45. The first-order chi connectivity index (χ1) is 5.27. The van der Waals surface area contributed by atoms with Gasteiger partial charge in [-0.15, -0.1) is 0 Å². The summed E-state index contributed by atoms with van der Waals surface area (Å²) in [7, 11) is 3.28. The minimum absolute atomic E-state index is 0.103. The molecular weight excluding hydrogens is 212 g/mol. The maximum Gasteiger partial charge on any atom is 0.172 e. The van der Waals surface area contributed by atoms with Crippen molar-refractivity contribution in [2.75, 3.05) is 14.2 Å². The molecule has 4 heteroatoms. The maximum absolute atomic E-state index is 5.41.